The van der Waals surface area contributed by atoms with Crippen molar-refractivity contribution in [2.24, 2.45) is 0 Å². The number of nitro groups is 1. The molecule has 0 fully saturated rings. The lowest BCUT2D eigenvalue weighted by atomic mass is 10.1. The largest absolute Gasteiger partial charge is 0.453 e. The molecule has 1 atom stereocenters. The molecule has 0 aliphatic carbocycles. The van der Waals surface area contributed by atoms with Gasteiger partial charge < -0.3 is 10.1 Å². The number of hydrogen-bond acceptors (Lipinski definition) is 6. The maximum Gasteiger partial charge on any atom is 0.326 e. The molecule has 0 aliphatic heterocycles. The smallest absolute Gasteiger partial charge is 0.326 e. The predicted octanol–water partition coefficient (Wildman–Crippen LogP) is 3.45. The second-order valence-electron chi connectivity index (χ2n) is 5.61. The Morgan fingerprint density at radius 3 is 2.32 bits per heavy atom. The highest BCUT2D eigenvalue weighted by Gasteiger charge is 2.21. The van der Waals surface area contributed by atoms with Gasteiger partial charge in [0.25, 0.3) is 11.6 Å². The van der Waals surface area contributed by atoms with Gasteiger partial charge in [0.1, 0.15) is 11.6 Å². The number of hydrogen-bond donors (Lipinski definition) is 1. The highest BCUT2D eigenvalue weighted by molar-refractivity contribution is 6.32. The Hall–Kier alpha value is -2.97. The summed E-state index contributed by atoms with van der Waals surface area (Å²) in [4.78, 5) is 46.2. The fourth-order valence-corrected chi connectivity index (χ4v) is 2.50. The first-order valence-corrected chi connectivity index (χ1v) is 8.66. The van der Waals surface area contributed by atoms with Crippen LogP contribution < -0.4 is 5.32 Å². The minimum Gasteiger partial charge on any atom is -0.453 e. The number of nitrogens with zero attached hydrogens (tertiary/aromatic N) is 1. The molecule has 146 valence electrons. The number of carbonyl (C=O) groups excluding carboxylic acids is 3. The number of rotatable bonds is 7. The van der Waals surface area contributed by atoms with Crippen LogP contribution in [-0.4, -0.2) is 35.2 Å². The van der Waals surface area contributed by atoms with Crippen molar-refractivity contribution in [3.8, 4) is 0 Å². The van der Waals surface area contributed by atoms with Crippen molar-refractivity contribution in [1.82, 2.24) is 5.32 Å². The van der Waals surface area contributed by atoms with Crippen LogP contribution in [0.5, 0.6) is 0 Å². The molecule has 1 N–H and O–H groups in total. The average Bonchev–Trinajstić information content (AvgIpc) is 2.66. The first-order chi connectivity index (χ1) is 13.2. The van der Waals surface area contributed by atoms with E-state index in [0.717, 1.165) is 6.07 Å². The van der Waals surface area contributed by atoms with E-state index in [1.165, 1.54) is 43.3 Å². The molecule has 10 heteroatoms. The molecule has 8 nitrogen and oxygen atoms in total. The number of carbonyl (C=O) groups is 3. The van der Waals surface area contributed by atoms with Gasteiger partial charge in [-0.25, -0.2) is 0 Å². The van der Waals surface area contributed by atoms with Gasteiger partial charge in [0, 0.05) is 22.2 Å². The van der Waals surface area contributed by atoms with Gasteiger partial charge >= 0.3 is 5.97 Å². The maximum atomic E-state index is 12.2. The number of benzene rings is 2. The minimum absolute atomic E-state index is 0.0470. The quantitative estimate of drug-likeness (QED) is 0.315. The van der Waals surface area contributed by atoms with Crippen molar-refractivity contribution in [3.05, 3.63) is 73.8 Å². The van der Waals surface area contributed by atoms with E-state index in [0.29, 0.717) is 10.6 Å². The molecule has 0 heterocycles. The molecule has 0 spiro atoms. The van der Waals surface area contributed by atoms with Crippen LogP contribution in [0.4, 0.5) is 5.69 Å². The van der Waals surface area contributed by atoms with E-state index >= 15 is 0 Å². The Bertz CT molecular complexity index is 930. The SMILES string of the molecule is CC(OC(=O)CNC(=O)c1ccc(Cl)c([N+](=O)[O-])c1)C(=O)c1ccc(Cl)cc1. The summed E-state index contributed by atoms with van der Waals surface area (Å²) >= 11 is 11.4. The normalized spacial score (nSPS) is 11.4. The maximum absolute atomic E-state index is 12.2. The molecule has 28 heavy (non-hydrogen) atoms. The van der Waals surface area contributed by atoms with Crippen molar-refractivity contribution in [1.29, 1.82) is 0 Å². The van der Waals surface area contributed by atoms with Gasteiger partial charge in [0.15, 0.2) is 6.10 Å². The molecular weight excluding hydrogens is 411 g/mol. The number of amides is 1. The number of halogens is 2. The molecule has 0 radical (unpaired) electrons. The standard InChI is InChI=1S/C18H14Cl2N2O6/c1-10(17(24)11-2-5-13(19)6-3-11)28-16(23)9-21-18(25)12-4-7-14(20)15(8-12)22(26)27/h2-8,10H,9H2,1H3,(H,21,25). The molecule has 0 saturated carbocycles. The molecule has 0 bridgehead atoms. The highest BCUT2D eigenvalue weighted by Crippen LogP contribution is 2.25. The van der Waals surface area contributed by atoms with Crippen molar-refractivity contribution in [2.75, 3.05) is 6.54 Å². The average molecular weight is 425 g/mol. The summed E-state index contributed by atoms with van der Waals surface area (Å²) in [6.07, 6.45) is -1.07. The molecule has 1 amide bonds. The molecule has 0 aromatic heterocycles. The van der Waals surface area contributed by atoms with Crippen LogP contribution in [0.2, 0.25) is 10.0 Å². The second kappa shape index (κ2) is 9.29. The zero-order chi connectivity index (χ0) is 20.8. The lowest BCUT2D eigenvalue weighted by Gasteiger charge is -2.13. The topological polar surface area (TPSA) is 116 Å². The summed E-state index contributed by atoms with van der Waals surface area (Å²) in [5, 5.41) is 13.5. The van der Waals surface area contributed by atoms with Gasteiger partial charge in [-0.15, -0.1) is 0 Å². The van der Waals surface area contributed by atoms with E-state index in [2.05, 4.69) is 5.32 Å². The number of Topliss-reactive ketones (excluding diaryl/α,β-unsaturated/α-hetero) is 1. The Labute approximate surface area is 169 Å². The van der Waals surface area contributed by atoms with E-state index in [-0.39, 0.29) is 10.6 Å². The predicted molar refractivity (Wildman–Crippen MR) is 102 cm³/mol. The lowest BCUT2D eigenvalue weighted by Crippen LogP contribution is -2.34. The van der Waals surface area contributed by atoms with E-state index in [9.17, 15) is 24.5 Å². The van der Waals surface area contributed by atoms with Crippen LogP contribution in [-0.2, 0) is 9.53 Å². The van der Waals surface area contributed by atoms with Gasteiger partial charge in [-0.3, -0.25) is 24.5 Å². The van der Waals surface area contributed by atoms with E-state index in [1.54, 1.807) is 0 Å². The fourth-order valence-electron chi connectivity index (χ4n) is 2.19. The third-order valence-electron chi connectivity index (χ3n) is 3.60. The zero-order valence-electron chi connectivity index (χ0n) is 14.5. The van der Waals surface area contributed by atoms with E-state index < -0.39 is 40.9 Å². The summed E-state index contributed by atoms with van der Waals surface area (Å²) < 4.78 is 5.00. The first-order valence-electron chi connectivity index (χ1n) is 7.90. The van der Waals surface area contributed by atoms with Crippen LogP contribution in [0, 0.1) is 10.1 Å². The molecule has 2 rings (SSSR count). The molecular formula is C18H14Cl2N2O6. The lowest BCUT2D eigenvalue weighted by molar-refractivity contribution is -0.384. The van der Waals surface area contributed by atoms with Crippen LogP contribution in [0.3, 0.4) is 0 Å². The number of ether oxygens (including phenoxy) is 1. The summed E-state index contributed by atoms with van der Waals surface area (Å²) in [6, 6.07) is 9.57. The monoisotopic (exact) mass is 424 g/mol. The van der Waals surface area contributed by atoms with Crippen molar-refractivity contribution in [3.63, 3.8) is 0 Å². The summed E-state index contributed by atoms with van der Waals surface area (Å²) in [6.45, 7) is 0.882. The molecule has 0 aliphatic rings. The number of nitro benzene ring substituents is 1. The summed E-state index contributed by atoms with van der Waals surface area (Å²) in [5.41, 5.74) is -0.157. The fraction of sp³-hybridized carbons (Fsp3) is 0.167. The van der Waals surface area contributed by atoms with Gasteiger partial charge in [0.2, 0.25) is 5.78 Å². The molecule has 1 unspecified atom stereocenters. The Morgan fingerprint density at radius 1 is 1.11 bits per heavy atom. The molecule has 2 aromatic rings. The van der Waals surface area contributed by atoms with E-state index in [4.69, 9.17) is 27.9 Å². The van der Waals surface area contributed by atoms with Crippen LogP contribution in [0.1, 0.15) is 27.6 Å². The van der Waals surface area contributed by atoms with Gasteiger partial charge in [-0.1, -0.05) is 23.2 Å². The third kappa shape index (κ3) is 5.51. The Balaban J connectivity index is 1.92. The number of nitrogens with one attached hydrogen (secondary N) is 1. The van der Waals surface area contributed by atoms with Crippen LogP contribution in [0.15, 0.2) is 42.5 Å². The van der Waals surface area contributed by atoms with Crippen molar-refractivity contribution in [2.45, 2.75) is 13.0 Å². The van der Waals surface area contributed by atoms with Gasteiger partial charge in [-0.2, -0.15) is 0 Å². The molecule has 2 aromatic carbocycles. The van der Waals surface area contributed by atoms with E-state index in [1.807, 2.05) is 0 Å². The number of ketones is 1. The Kier molecular flexibility index (Phi) is 7.08. The highest BCUT2D eigenvalue weighted by atomic mass is 35.5. The van der Waals surface area contributed by atoms with Crippen molar-refractivity contribution >= 4 is 46.5 Å². The summed E-state index contributed by atoms with van der Waals surface area (Å²) in [7, 11) is 0. The van der Waals surface area contributed by atoms with Crippen LogP contribution in [0.25, 0.3) is 0 Å². The van der Waals surface area contributed by atoms with Crippen molar-refractivity contribution < 1.29 is 24.0 Å². The second-order valence-corrected chi connectivity index (χ2v) is 6.45. The minimum atomic E-state index is -1.07. The van der Waals surface area contributed by atoms with Crippen LogP contribution >= 0.6 is 23.2 Å². The zero-order valence-corrected chi connectivity index (χ0v) is 16.0. The molecule has 0 saturated heterocycles. The number of esters is 1. The summed E-state index contributed by atoms with van der Waals surface area (Å²) in [5.74, 6) is -2.00. The van der Waals surface area contributed by atoms with Gasteiger partial charge in [0.05, 0.1) is 4.92 Å². The van der Waals surface area contributed by atoms with Gasteiger partial charge in [-0.05, 0) is 43.3 Å². The first kappa shape index (κ1) is 21.3. The third-order valence-corrected chi connectivity index (χ3v) is 4.18. The Morgan fingerprint density at radius 2 is 1.71 bits per heavy atom.